The summed E-state index contributed by atoms with van der Waals surface area (Å²) in [5, 5.41) is 30.5. The summed E-state index contributed by atoms with van der Waals surface area (Å²) in [5.74, 6) is -1.20. The van der Waals surface area contributed by atoms with Gasteiger partial charge in [0, 0.05) is 20.9 Å². The van der Waals surface area contributed by atoms with E-state index in [9.17, 15) is 14.7 Å². The molecule has 30 heavy (non-hydrogen) atoms. The first kappa shape index (κ1) is 23.2. The van der Waals surface area contributed by atoms with Crippen LogP contribution in [0.25, 0.3) is 0 Å². The molecule has 0 aliphatic carbocycles. The third-order valence-corrected chi connectivity index (χ3v) is 5.03. The van der Waals surface area contributed by atoms with Crippen molar-refractivity contribution in [3.05, 3.63) is 69.3 Å². The number of hydrogen-bond donors (Lipinski definition) is 3. The predicted octanol–water partition coefficient (Wildman–Crippen LogP) is 5.22. The number of rotatable bonds is 8. The van der Waals surface area contributed by atoms with E-state index in [0.29, 0.717) is 29.7 Å². The zero-order valence-electron chi connectivity index (χ0n) is 16.2. The molecule has 0 spiro atoms. The summed E-state index contributed by atoms with van der Waals surface area (Å²) in [7, 11) is 0. The number of amides is 1. The lowest BCUT2D eigenvalue weighted by atomic mass is 9.92. The van der Waals surface area contributed by atoms with Crippen molar-refractivity contribution in [2.24, 2.45) is 5.92 Å². The largest absolute Gasteiger partial charge is 0.508 e. The minimum absolute atomic E-state index is 0.0134. The Morgan fingerprint density at radius 2 is 1.97 bits per heavy atom. The molecule has 0 unspecified atom stereocenters. The van der Waals surface area contributed by atoms with Crippen LogP contribution >= 0.6 is 22.6 Å². The number of aromatic hydroxyl groups is 1. The quantitative estimate of drug-likeness (QED) is 0.325. The second kappa shape index (κ2) is 11.2. The number of benzene rings is 2. The molecular weight excluding hydrogens is 499 g/mol. The van der Waals surface area contributed by atoms with Gasteiger partial charge >= 0.3 is 12.1 Å². The molecule has 156 valence electrons. The van der Waals surface area contributed by atoms with Crippen molar-refractivity contribution in [1.82, 2.24) is 0 Å². The lowest BCUT2D eigenvalue weighted by Crippen LogP contribution is -2.22. The fourth-order valence-corrected chi connectivity index (χ4v) is 3.34. The highest BCUT2D eigenvalue weighted by atomic mass is 127. The Hall–Kier alpha value is -3.06. The minimum Gasteiger partial charge on any atom is -0.508 e. The number of carboxylic acid groups (broad SMARTS) is 1. The van der Waals surface area contributed by atoms with Gasteiger partial charge in [0.25, 0.3) is 0 Å². The number of carbonyl (C=O) groups is 2. The first-order chi connectivity index (χ1) is 14.3. The van der Waals surface area contributed by atoms with Gasteiger partial charge in [0.1, 0.15) is 11.9 Å². The average molecular weight is 520 g/mol. The summed E-state index contributed by atoms with van der Waals surface area (Å²) in [6, 6.07) is 13.4. The maximum Gasteiger partial charge on any atom is 0.412 e. The molecule has 7 nitrogen and oxygen atoms in total. The third-order valence-electron chi connectivity index (χ3n) is 4.36. The maximum atomic E-state index is 12.5. The van der Waals surface area contributed by atoms with Crippen LogP contribution in [0.2, 0.25) is 0 Å². The van der Waals surface area contributed by atoms with Gasteiger partial charge in [-0.15, -0.1) is 0 Å². The molecule has 0 saturated carbocycles. The number of aliphatic carboxylic acids is 1. The second-order valence-corrected chi connectivity index (χ2v) is 7.88. The van der Waals surface area contributed by atoms with Crippen LogP contribution in [0.3, 0.4) is 0 Å². The summed E-state index contributed by atoms with van der Waals surface area (Å²) in [6.45, 7) is 1.87. The van der Waals surface area contributed by atoms with E-state index in [1.54, 1.807) is 48.5 Å². The first-order valence-electron chi connectivity index (χ1n) is 9.16. The zero-order chi connectivity index (χ0) is 22.1. The number of carboxylic acids is 1. The summed E-state index contributed by atoms with van der Waals surface area (Å²) in [5.41, 5.74) is 1.42. The normalized spacial score (nSPS) is 12.7. The number of phenolic OH excluding ortho intramolecular Hbond substituents is 1. The smallest absolute Gasteiger partial charge is 0.412 e. The molecule has 0 bridgehead atoms. The highest BCUT2D eigenvalue weighted by Crippen LogP contribution is 2.36. The number of halogens is 1. The molecule has 2 atom stereocenters. The second-order valence-electron chi connectivity index (χ2n) is 6.64. The molecule has 0 aromatic heterocycles. The van der Waals surface area contributed by atoms with Crippen molar-refractivity contribution in [2.75, 3.05) is 5.32 Å². The van der Waals surface area contributed by atoms with Gasteiger partial charge in [-0.05, 0) is 83.8 Å². The van der Waals surface area contributed by atoms with E-state index in [2.05, 4.69) is 27.9 Å². The molecule has 0 heterocycles. The van der Waals surface area contributed by atoms with E-state index >= 15 is 0 Å². The van der Waals surface area contributed by atoms with Crippen LogP contribution in [-0.2, 0) is 9.53 Å². The van der Waals surface area contributed by atoms with E-state index in [-0.39, 0.29) is 11.7 Å². The number of carbonyl (C=O) groups excluding carboxylic acids is 1. The number of phenols is 1. The van der Waals surface area contributed by atoms with E-state index < -0.39 is 18.2 Å². The summed E-state index contributed by atoms with van der Waals surface area (Å²) < 4.78 is 6.53. The van der Waals surface area contributed by atoms with E-state index in [4.69, 9.17) is 15.1 Å². The Morgan fingerprint density at radius 3 is 2.60 bits per heavy atom. The van der Waals surface area contributed by atoms with E-state index in [1.165, 1.54) is 0 Å². The van der Waals surface area contributed by atoms with Gasteiger partial charge in [-0.2, -0.15) is 5.26 Å². The fraction of sp³-hybridized carbons (Fsp3) is 0.227. The van der Waals surface area contributed by atoms with Crippen LogP contribution < -0.4 is 5.32 Å². The number of nitrogens with one attached hydrogen (secondary N) is 1. The van der Waals surface area contributed by atoms with Gasteiger partial charge in [-0.25, -0.2) is 9.59 Å². The molecular formula is C22H21IN2O5. The van der Waals surface area contributed by atoms with Gasteiger partial charge in [-0.3, -0.25) is 5.32 Å². The van der Waals surface area contributed by atoms with Crippen molar-refractivity contribution < 1.29 is 24.5 Å². The summed E-state index contributed by atoms with van der Waals surface area (Å²) >= 11 is 2.11. The molecule has 0 radical (unpaired) electrons. The zero-order valence-corrected chi connectivity index (χ0v) is 18.4. The molecule has 2 rings (SSSR count). The van der Waals surface area contributed by atoms with Crippen molar-refractivity contribution in [2.45, 2.75) is 25.9 Å². The minimum atomic E-state index is -1.02. The number of anilines is 1. The van der Waals surface area contributed by atoms with Crippen LogP contribution in [0.1, 0.15) is 37.0 Å². The van der Waals surface area contributed by atoms with E-state index in [0.717, 1.165) is 9.65 Å². The van der Waals surface area contributed by atoms with Crippen molar-refractivity contribution in [1.29, 1.82) is 5.26 Å². The molecule has 2 aromatic rings. The Kier molecular flexibility index (Phi) is 8.68. The molecule has 2 aromatic carbocycles. The van der Waals surface area contributed by atoms with Crippen LogP contribution in [0, 0.1) is 20.8 Å². The Morgan fingerprint density at radius 1 is 1.27 bits per heavy atom. The van der Waals surface area contributed by atoms with Gasteiger partial charge in [0.15, 0.2) is 0 Å². The first-order valence-corrected chi connectivity index (χ1v) is 10.2. The fourth-order valence-electron chi connectivity index (χ4n) is 2.82. The van der Waals surface area contributed by atoms with E-state index in [1.807, 2.05) is 13.0 Å². The van der Waals surface area contributed by atoms with Crippen molar-refractivity contribution in [3.63, 3.8) is 0 Å². The van der Waals surface area contributed by atoms with Gasteiger partial charge in [-0.1, -0.05) is 13.0 Å². The number of nitrogens with zero attached hydrogens (tertiary/aromatic N) is 1. The van der Waals surface area contributed by atoms with Crippen LogP contribution in [-0.4, -0.2) is 22.3 Å². The van der Waals surface area contributed by atoms with Crippen molar-refractivity contribution >= 4 is 40.3 Å². The molecule has 0 fully saturated rings. The monoisotopic (exact) mass is 520 g/mol. The average Bonchev–Trinajstić information content (AvgIpc) is 2.71. The van der Waals surface area contributed by atoms with Gasteiger partial charge < -0.3 is 14.9 Å². The highest BCUT2D eigenvalue weighted by Gasteiger charge is 2.26. The van der Waals surface area contributed by atoms with Crippen LogP contribution in [0.4, 0.5) is 10.5 Å². The van der Waals surface area contributed by atoms with Crippen LogP contribution in [0.15, 0.2) is 54.6 Å². The molecule has 3 N–H and O–H groups in total. The Labute approximate surface area is 188 Å². The molecule has 0 aliphatic heterocycles. The molecule has 1 amide bonds. The number of hydrogen-bond acceptors (Lipinski definition) is 5. The number of allylic oxidation sites excluding steroid dienone is 1. The molecule has 8 heteroatoms. The standard InChI is InChI=1S/C22H21IN2O5/c1-14(4-2-3-5-20(27)28)21(18-12-16(23)8-11-19(18)26)30-22(29)25-17-9-6-15(13-24)7-10-17/h3,5-12,14,21,26H,2,4H2,1H3,(H,25,29)(H,27,28)/b5-3+/t14-,21-/m0/s1. The number of nitriles is 1. The van der Waals surface area contributed by atoms with Gasteiger partial charge in [0.2, 0.25) is 0 Å². The Bertz CT molecular complexity index is 966. The van der Waals surface area contributed by atoms with Crippen LogP contribution in [0.5, 0.6) is 5.75 Å². The summed E-state index contributed by atoms with van der Waals surface area (Å²) in [6.07, 6.45) is 2.20. The molecule has 0 aliphatic rings. The third kappa shape index (κ3) is 7.08. The van der Waals surface area contributed by atoms with Gasteiger partial charge in [0.05, 0.1) is 11.6 Å². The topological polar surface area (TPSA) is 120 Å². The predicted molar refractivity (Wildman–Crippen MR) is 120 cm³/mol. The molecule has 0 saturated heterocycles. The highest BCUT2D eigenvalue weighted by molar-refractivity contribution is 14.1. The summed E-state index contributed by atoms with van der Waals surface area (Å²) in [4.78, 5) is 23.1. The lowest BCUT2D eigenvalue weighted by Gasteiger charge is -2.25. The lowest BCUT2D eigenvalue weighted by molar-refractivity contribution is -0.131. The Balaban J connectivity index is 2.17. The number of ether oxygens (including phenoxy) is 1. The maximum absolute atomic E-state index is 12.5. The SMILES string of the molecule is C[C@@H](CC/C=C/C(=O)O)[C@H](OC(=O)Nc1ccc(C#N)cc1)c1cc(I)ccc1O. The van der Waals surface area contributed by atoms with Crippen molar-refractivity contribution in [3.8, 4) is 11.8 Å².